The molecule has 1 unspecified atom stereocenters. The van der Waals surface area contributed by atoms with Gasteiger partial charge < -0.3 is 9.84 Å². The number of halogens is 1. The number of rotatable bonds is 5. The van der Waals surface area contributed by atoms with Gasteiger partial charge in [-0.25, -0.2) is 9.78 Å². The minimum atomic E-state index is -0.882. The van der Waals surface area contributed by atoms with Crippen LogP contribution < -0.4 is 5.56 Å². The van der Waals surface area contributed by atoms with Crippen molar-refractivity contribution in [2.45, 2.75) is 26.5 Å². The molecule has 26 heavy (non-hydrogen) atoms. The highest BCUT2D eigenvalue weighted by Gasteiger charge is 2.21. The van der Waals surface area contributed by atoms with Gasteiger partial charge in [-0.15, -0.1) is 11.3 Å². The molecular formula is C18H17ClN2O4S. The Kier molecular flexibility index (Phi) is 5.41. The molecule has 136 valence electrons. The SMILES string of the molecule is CCOC(=O)c1sc2ncn(CC(O)c3ccc(Cl)cc3)c(=O)c2c1C. The van der Waals surface area contributed by atoms with Gasteiger partial charge >= 0.3 is 5.97 Å². The lowest BCUT2D eigenvalue weighted by atomic mass is 10.1. The molecule has 0 aliphatic carbocycles. The van der Waals surface area contributed by atoms with Gasteiger partial charge in [-0.3, -0.25) is 9.36 Å². The number of fused-ring (bicyclic) bond motifs is 1. The second-order valence-electron chi connectivity index (χ2n) is 5.73. The van der Waals surface area contributed by atoms with E-state index in [1.807, 2.05) is 0 Å². The van der Waals surface area contributed by atoms with E-state index in [1.165, 1.54) is 10.9 Å². The van der Waals surface area contributed by atoms with Crippen LogP contribution in [0.5, 0.6) is 0 Å². The minimum Gasteiger partial charge on any atom is -0.462 e. The lowest BCUT2D eigenvalue weighted by molar-refractivity contribution is 0.0531. The Balaban J connectivity index is 1.96. The zero-order valence-corrected chi connectivity index (χ0v) is 15.8. The summed E-state index contributed by atoms with van der Waals surface area (Å²) in [5.41, 5.74) is 0.902. The van der Waals surface area contributed by atoms with Crippen LogP contribution in [0.15, 0.2) is 35.4 Å². The number of carbonyl (C=O) groups is 1. The van der Waals surface area contributed by atoms with Crippen molar-refractivity contribution in [2.75, 3.05) is 6.61 Å². The third-order valence-electron chi connectivity index (χ3n) is 4.00. The summed E-state index contributed by atoms with van der Waals surface area (Å²) < 4.78 is 6.37. The maximum absolute atomic E-state index is 12.8. The van der Waals surface area contributed by atoms with Gasteiger partial charge in [0.1, 0.15) is 9.71 Å². The number of aryl methyl sites for hydroxylation is 1. The number of aliphatic hydroxyl groups excluding tert-OH is 1. The van der Waals surface area contributed by atoms with Gasteiger partial charge in [0.2, 0.25) is 0 Å². The maximum Gasteiger partial charge on any atom is 0.348 e. The summed E-state index contributed by atoms with van der Waals surface area (Å²) in [4.78, 5) is 30.0. The predicted molar refractivity (Wildman–Crippen MR) is 101 cm³/mol. The summed E-state index contributed by atoms with van der Waals surface area (Å²) in [5, 5.41) is 11.3. The van der Waals surface area contributed by atoms with Gasteiger partial charge in [-0.05, 0) is 37.1 Å². The molecule has 0 aliphatic rings. The van der Waals surface area contributed by atoms with Crippen LogP contribution in [-0.2, 0) is 11.3 Å². The Labute approximate surface area is 158 Å². The van der Waals surface area contributed by atoms with Gasteiger partial charge in [0, 0.05) is 5.02 Å². The van der Waals surface area contributed by atoms with E-state index in [2.05, 4.69) is 4.98 Å². The van der Waals surface area contributed by atoms with E-state index in [4.69, 9.17) is 16.3 Å². The van der Waals surface area contributed by atoms with Gasteiger partial charge in [0.15, 0.2) is 0 Å². The molecule has 0 radical (unpaired) electrons. The highest BCUT2D eigenvalue weighted by Crippen LogP contribution is 2.27. The molecule has 2 aromatic heterocycles. The van der Waals surface area contributed by atoms with E-state index < -0.39 is 12.1 Å². The topological polar surface area (TPSA) is 81.4 Å². The average Bonchev–Trinajstić information content (AvgIpc) is 2.95. The Morgan fingerprint density at radius 3 is 2.73 bits per heavy atom. The molecule has 0 bridgehead atoms. The molecule has 0 spiro atoms. The van der Waals surface area contributed by atoms with Crippen LogP contribution in [0.25, 0.3) is 10.2 Å². The van der Waals surface area contributed by atoms with Crippen LogP contribution in [0.4, 0.5) is 0 Å². The molecule has 1 aromatic carbocycles. The molecule has 0 amide bonds. The first-order chi connectivity index (χ1) is 12.4. The van der Waals surface area contributed by atoms with Crippen molar-refractivity contribution in [3.63, 3.8) is 0 Å². The predicted octanol–water partition coefficient (Wildman–Crippen LogP) is 3.33. The smallest absolute Gasteiger partial charge is 0.348 e. The fourth-order valence-corrected chi connectivity index (χ4v) is 3.82. The molecule has 0 aliphatic heterocycles. The number of ether oxygens (including phenoxy) is 1. The summed E-state index contributed by atoms with van der Waals surface area (Å²) in [6.45, 7) is 3.74. The zero-order valence-electron chi connectivity index (χ0n) is 14.2. The number of hydrogen-bond acceptors (Lipinski definition) is 6. The van der Waals surface area contributed by atoms with E-state index in [-0.39, 0.29) is 18.7 Å². The summed E-state index contributed by atoms with van der Waals surface area (Å²) in [6, 6.07) is 6.77. The highest BCUT2D eigenvalue weighted by molar-refractivity contribution is 7.20. The number of carbonyl (C=O) groups excluding carboxylic acids is 1. The molecule has 0 saturated carbocycles. The molecule has 6 nitrogen and oxygen atoms in total. The number of nitrogens with zero attached hydrogens (tertiary/aromatic N) is 2. The second kappa shape index (κ2) is 7.57. The van der Waals surface area contributed by atoms with Crippen LogP contribution in [-0.4, -0.2) is 27.2 Å². The quantitative estimate of drug-likeness (QED) is 0.673. The van der Waals surface area contributed by atoms with Crippen molar-refractivity contribution in [1.82, 2.24) is 9.55 Å². The summed E-state index contributed by atoms with van der Waals surface area (Å²) in [6.07, 6.45) is 0.502. The lowest BCUT2D eigenvalue weighted by Crippen LogP contribution is -2.23. The van der Waals surface area contributed by atoms with Crippen LogP contribution in [0, 0.1) is 6.92 Å². The first-order valence-electron chi connectivity index (χ1n) is 8.01. The van der Waals surface area contributed by atoms with Gasteiger partial charge in [-0.2, -0.15) is 0 Å². The number of aliphatic hydroxyl groups is 1. The molecule has 0 fully saturated rings. The van der Waals surface area contributed by atoms with Crippen molar-refractivity contribution in [1.29, 1.82) is 0 Å². The largest absolute Gasteiger partial charge is 0.462 e. The molecule has 1 atom stereocenters. The van der Waals surface area contributed by atoms with Crippen molar-refractivity contribution >= 4 is 39.1 Å². The average molecular weight is 393 g/mol. The summed E-state index contributed by atoms with van der Waals surface area (Å²) >= 11 is 6.99. The third kappa shape index (κ3) is 3.51. The molecule has 3 aromatic rings. The van der Waals surface area contributed by atoms with Crippen LogP contribution in [0.2, 0.25) is 5.02 Å². The van der Waals surface area contributed by atoms with Gasteiger partial charge in [0.25, 0.3) is 5.56 Å². The van der Waals surface area contributed by atoms with E-state index in [9.17, 15) is 14.7 Å². The lowest BCUT2D eigenvalue weighted by Gasteiger charge is -2.13. The summed E-state index contributed by atoms with van der Waals surface area (Å²) in [7, 11) is 0. The number of benzene rings is 1. The highest BCUT2D eigenvalue weighted by atomic mass is 35.5. The zero-order chi connectivity index (χ0) is 18.8. The number of esters is 1. The van der Waals surface area contributed by atoms with Gasteiger partial charge in [0.05, 0.1) is 31.0 Å². The molecule has 8 heteroatoms. The van der Waals surface area contributed by atoms with E-state index in [1.54, 1.807) is 38.1 Å². The number of thiophene rings is 1. The Bertz CT molecular complexity index is 1010. The molecular weight excluding hydrogens is 376 g/mol. The summed E-state index contributed by atoms with van der Waals surface area (Å²) in [5.74, 6) is -0.458. The van der Waals surface area contributed by atoms with E-state index >= 15 is 0 Å². The maximum atomic E-state index is 12.8. The number of aromatic nitrogens is 2. The monoisotopic (exact) mass is 392 g/mol. The molecule has 0 saturated heterocycles. The van der Waals surface area contributed by atoms with Crippen LogP contribution >= 0.6 is 22.9 Å². The first kappa shape index (κ1) is 18.6. The fourth-order valence-electron chi connectivity index (χ4n) is 2.66. The molecule has 1 N–H and O–H groups in total. The Morgan fingerprint density at radius 2 is 2.08 bits per heavy atom. The normalized spacial score (nSPS) is 12.3. The Hall–Kier alpha value is -2.22. The van der Waals surface area contributed by atoms with Gasteiger partial charge in [-0.1, -0.05) is 23.7 Å². The van der Waals surface area contributed by atoms with Crippen molar-refractivity contribution in [3.8, 4) is 0 Å². The number of hydrogen-bond donors (Lipinski definition) is 1. The third-order valence-corrected chi connectivity index (χ3v) is 5.43. The Morgan fingerprint density at radius 1 is 1.38 bits per heavy atom. The fraction of sp³-hybridized carbons (Fsp3) is 0.278. The molecule has 2 heterocycles. The van der Waals surface area contributed by atoms with Crippen LogP contribution in [0.1, 0.15) is 33.8 Å². The standard InChI is InChI=1S/C18H17ClN2O4S/c1-3-25-18(24)15-10(2)14-16(26-15)20-9-21(17(14)23)8-13(22)11-4-6-12(19)7-5-11/h4-7,9,13,22H,3,8H2,1-2H3. The van der Waals surface area contributed by atoms with Crippen molar-refractivity contribution in [2.24, 2.45) is 0 Å². The second-order valence-corrected chi connectivity index (χ2v) is 7.16. The van der Waals surface area contributed by atoms with Crippen molar-refractivity contribution in [3.05, 3.63) is 62.0 Å². The first-order valence-corrected chi connectivity index (χ1v) is 9.21. The van der Waals surface area contributed by atoms with Crippen LogP contribution in [0.3, 0.4) is 0 Å². The van der Waals surface area contributed by atoms with E-state index in [0.29, 0.717) is 31.2 Å². The van der Waals surface area contributed by atoms with Crippen molar-refractivity contribution < 1.29 is 14.6 Å². The minimum absolute atomic E-state index is 0.0490. The van der Waals surface area contributed by atoms with E-state index in [0.717, 1.165) is 11.3 Å². The molecule has 3 rings (SSSR count).